The van der Waals surface area contributed by atoms with Crippen molar-refractivity contribution in [3.05, 3.63) is 48.4 Å². The molecule has 1 saturated heterocycles. The fourth-order valence-corrected chi connectivity index (χ4v) is 3.72. The van der Waals surface area contributed by atoms with E-state index < -0.39 is 0 Å². The molecule has 0 bridgehead atoms. The fourth-order valence-electron chi connectivity index (χ4n) is 3.72. The van der Waals surface area contributed by atoms with Gasteiger partial charge in [0, 0.05) is 18.7 Å². The summed E-state index contributed by atoms with van der Waals surface area (Å²) in [6.07, 6.45) is 7.34. The van der Waals surface area contributed by atoms with Crippen molar-refractivity contribution < 1.29 is 0 Å². The molecular weight excluding hydrogens is 298 g/mol. The molecule has 0 aliphatic carbocycles. The Balaban J connectivity index is 1.68. The molecule has 0 amide bonds. The lowest BCUT2D eigenvalue weighted by Crippen LogP contribution is -2.21. The Labute approximate surface area is 142 Å². The van der Waals surface area contributed by atoms with E-state index in [9.17, 15) is 0 Å². The summed E-state index contributed by atoms with van der Waals surface area (Å²) in [5.74, 6) is 1.51. The van der Waals surface area contributed by atoms with E-state index in [-0.39, 0.29) is 0 Å². The molecule has 0 radical (unpaired) electrons. The van der Waals surface area contributed by atoms with Crippen LogP contribution >= 0.6 is 0 Å². The number of likely N-dealkylation sites (tertiary alicyclic amines) is 1. The number of rotatable bonds is 5. The largest absolute Gasteiger partial charge is 0.297 e. The summed E-state index contributed by atoms with van der Waals surface area (Å²) >= 11 is 0. The van der Waals surface area contributed by atoms with E-state index in [0.717, 1.165) is 36.0 Å². The second-order valence-corrected chi connectivity index (χ2v) is 6.61. The predicted molar refractivity (Wildman–Crippen MR) is 94.5 cm³/mol. The van der Waals surface area contributed by atoms with Crippen LogP contribution in [0.5, 0.6) is 0 Å². The lowest BCUT2D eigenvalue weighted by Gasteiger charge is -2.16. The first-order chi connectivity index (χ1) is 11.8. The maximum absolute atomic E-state index is 4.74. The van der Waals surface area contributed by atoms with Crippen molar-refractivity contribution in [3.63, 3.8) is 0 Å². The van der Waals surface area contributed by atoms with Crippen molar-refractivity contribution in [2.45, 2.75) is 32.7 Å². The average Bonchev–Trinajstić information content (AvgIpc) is 3.21. The molecule has 1 aliphatic rings. The van der Waals surface area contributed by atoms with Crippen LogP contribution in [0.15, 0.2) is 42.7 Å². The Morgan fingerprint density at radius 1 is 1.17 bits per heavy atom. The molecule has 5 nitrogen and oxygen atoms in total. The Morgan fingerprint density at radius 2 is 2.04 bits per heavy atom. The van der Waals surface area contributed by atoms with Gasteiger partial charge < -0.3 is 0 Å². The molecule has 1 aliphatic heterocycles. The Hall–Kier alpha value is -2.27. The Morgan fingerprint density at radius 3 is 2.88 bits per heavy atom. The highest BCUT2D eigenvalue weighted by atomic mass is 15.3. The van der Waals surface area contributed by atoms with Gasteiger partial charge >= 0.3 is 0 Å². The van der Waals surface area contributed by atoms with Crippen molar-refractivity contribution >= 4 is 5.78 Å². The van der Waals surface area contributed by atoms with Crippen LogP contribution < -0.4 is 0 Å². The topological polar surface area (TPSA) is 46.3 Å². The van der Waals surface area contributed by atoms with Gasteiger partial charge in [-0.2, -0.15) is 9.61 Å². The Bertz CT molecular complexity index is 811. The molecule has 1 unspecified atom stereocenters. The lowest BCUT2D eigenvalue weighted by molar-refractivity contribution is 0.307. The highest BCUT2D eigenvalue weighted by Crippen LogP contribution is 2.27. The smallest absolute Gasteiger partial charge is 0.251 e. The highest BCUT2D eigenvalue weighted by Gasteiger charge is 2.25. The van der Waals surface area contributed by atoms with Crippen molar-refractivity contribution in [2.75, 3.05) is 13.1 Å². The van der Waals surface area contributed by atoms with Gasteiger partial charge in [-0.3, -0.25) is 4.90 Å². The summed E-state index contributed by atoms with van der Waals surface area (Å²) in [5.41, 5.74) is 3.27. The van der Waals surface area contributed by atoms with E-state index in [4.69, 9.17) is 4.98 Å². The van der Waals surface area contributed by atoms with Crippen LogP contribution in [0.4, 0.5) is 0 Å². The van der Waals surface area contributed by atoms with Crippen molar-refractivity contribution in [1.82, 2.24) is 24.5 Å². The number of nitrogens with zero attached hydrogens (tertiary/aromatic N) is 5. The van der Waals surface area contributed by atoms with Crippen LogP contribution in [0.1, 0.15) is 31.9 Å². The third kappa shape index (κ3) is 2.91. The van der Waals surface area contributed by atoms with Gasteiger partial charge in [0.15, 0.2) is 0 Å². The summed E-state index contributed by atoms with van der Waals surface area (Å²) in [6.45, 7) is 5.49. The summed E-state index contributed by atoms with van der Waals surface area (Å²) < 4.78 is 1.90. The average molecular weight is 321 g/mol. The quantitative estimate of drug-likeness (QED) is 0.722. The maximum atomic E-state index is 4.74. The molecule has 0 saturated carbocycles. The fraction of sp³-hybridized carbons (Fsp3) is 0.421. The minimum Gasteiger partial charge on any atom is -0.297 e. The zero-order chi connectivity index (χ0) is 16.4. The maximum Gasteiger partial charge on any atom is 0.251 e. The molecule has 0 N–H and O–H groups in total. The van der Waals surface area contributed by atoms with Crippen LogP contribution in [0.2, 0.25) is 0 Å². The molecule has 1 aromatic carbocycles. The second kappa shape index (κ2) is 6.69. The number of fused-ring (bicyclic) bond motifs is 1. The van der Waals surface area contributed by atoms with Gasteiger partial charge in [-0.1, -0.05) is 43.7 Å². The Kier molecular flexibility index (Phi) is 4.26. The van der Waals surface area contributed by atoms with Crippen molar-refractivity contribution in [3.8, 4) is 11.3 Å². The first-order valence-electron chi connectivity index (χ1n) is 8.81. The molecule has 1 fully saturated rings. The second-order valence-electron chi connectivity index (χ2n) is 6.61. The van der Waals surface area contributed by atoms with E-state index in [1.165, 1.54) is 25.8 Å². The number of hydrogen-bond donors (Lipinski definition) is 0. The third-order valence-corrected chi connectivity index (χ3v) is 4.86. The summed E-state index contributed by atoms with van der Waals surface area (Å²) in [7, 11) is 0. The van der Waals surface area contributed by atoms with Crippen LogP contribution in [0, 0.1) is 5.92 Å². The number of imidazole rings is 1. The van der Waals surface area contributed by atoms with E-state index in [0.29, 0.717) is 5.78 Å². The molecular formula is C19H23N5. The zero-order valence-corrected chi connectivity index (χ0v) is 14.1. The molecule has 5 heteroatoms. The first kappa shape index (κ1) is 15.3. The number of benzene rings is 1. The van der Waals surface area contributed by atoms with Gasteiger partial charge in [-0.05, 0) is 25.3 Å². The summed E-state index contributed by atoms with van der Waals surface area (Å²) in [6, 6.07) is 10.4. The number of aromatic nitrogens is 4. The molecule has 1 atom stereocenters. The van der Waals surface area contributed by atoms with E-state index in [2.05, 4.69) is 46.2 Å². The summed E-state index contributed by atoms with van der Waals surface area (Å²) in [5, 5.41) is 4.49. The van der Waals surface area contributed by atoms with Crippen LogP contribution in [0.3, 0.4) is 0 Å². The van der Waals surface area contributed by atoms with Crippen LogP contribution in [-0.2, 0) is 6.54 Å². The van der Waals surface area contributed by atoms with E-state index in [1.54, 1.807) is 12.4 Å². The number of hydrogen-bond acceptors (Lipinski definition) is 4. The lowest BCUT2D eigenvalue weighted by atomic mass is 10.0. The molecule has 2 aromatic heterocycles. The molecule has 3 heterocycles. The molecule has 4 rings (SSSR count). The minimum absolute atomic E-state index is 0.677. The molecule has 24 heavy (non-hydrogen) atoms. The SMILES string of the molecule is CCCC1CCN(Cc2c(-c3ccccc3)nc3nccnn23)C1. The van der Waals surface area contributed by atoms with Gasteiger partial charge in [0.2, 0.25) is 0 Å². The minimum atomic E-state index is 0.677. The van der Waals surface area contributed by atoms with Crippen molar-refractivity contribution in [2.24, 2.45) is 5.92 Å². The van der Waals surface area contributed by atoms with Gasteiger partial charge in [0.25, 0.3) is 5.78 Å². The van der Waals surface area contributed by atoms with Gasteiger partial charge in [0.1, 0.15) is 0 Å². The zero-order valence-electron chi connectivity index (χ0n) is 14.1. The molecule has 3 aromatic rings. The van der Waals surface area contributed by atoms with E-state index in [1.807, 2.05) is 10.6 Å². The van der Waals surface area contributed by atoms with Gasteiger partial charge in [-0.15, -0.1) is 0 Å². The standard InChI is InChI=1S/C19H23N5/c1-2-6-15-9-12-23(13-15)14-17-18(16-7-4-3-5-8-16)22-19-20-10-11-21-24(17)19/h3-5,7-8,10-11,15H,2,6,9,12-14H2,1H3. The van der Waals surface area contributed by atoms with Crippen LogP contribution in [-0.4, -0.2) is 37.6 Å². The predicted octanol–water partition coefficient (Wildman–Crippen LogP) is 3.41. The normalized spacial score (nSPS) is 18.5. The van der Waals surface area contributed by atoms with Crippen molar-refractivity contribution in [1.29, 1.82) is 0 Å². The van der Waals surface area contributed by atoms with E-state index >= 15 is 0 Å². The highest BCUT2D eigenvalue weighted by molar-refractivity contribution is 5.64. The van der Waals surface area contributed by atoms with Crippen LogP contribution in [0.25, 0.3) is 17.0 Å². The third-order valence-electron chi connectivity index (χ3n) is 4.86. The monoisotopic (exact) mass is 321 g/mol. The molecule has 124 valence electrons. The van der Waals surface area contributed by atoms with Gasteiger partial charge in [0.05, 0.1) is 23.8 Å². The van der Waals surface area contributed by atoms with Gasteiger partial charge in [-0.25, -0.2) is 9.97 Å². The molecule has 0 spiro atoms. The summed E-state index contributed by atoms with van der Waals surface area (Å²) in [4.78, 5) is 11.7. The first-order valence-corrected chi connectivity index (χ1v) is 8.81.